The van der Waals surface area contributed by atoms with Crippen molar-refractivity contribution < 1.29 is 98.4 Å². The second-order valence-corrected chi connectivity index (χ2v) is 31.6. The number of methoxy groups -OCH3 is 1. The number of anilines is 3. The molecule has 22 nitrogen and oxygen atoms in total. The number of rotatable bonds is 10. The molecule has 12 rings (SSSR count). The quantitative estimate of drug-likeness (QED) is 0.0428. The summed E-state index contributed by atoms with van der Waals surface area (Å²) in [4.78, 5) is 35.1. The number of alkyl halides is 9. The highest BCUT2D eigenvalue weighted by molar-refractivity contribution is 7.93. The summed E-state index contributed by atoms with van der Waals surface area (Å²) in [6.07, 6.45) is -3.53. The maximum Gasteiger partial charge on any atom is 0.418 e. The van der Waals surface area contributed by atoms with Crippen molar-refractivity contribution in [2.45, 2.75) is 175 Å². The number of pyridine rings is 6. The smallest absolute Gasteiger partial charge is 0.418 e. The van der Waals surface area contributed by atoms with Crippen molar-refractivity contribution in [2.24, 2.45) is 0 Å². The number of sulfonamides is 3. The number of fused-ring (bicyclic) bond motifs is 18. The Hall–Kier alpha value is -10.3. The minimum Gasteiger partial charge on any atom is -0.474 e. The van der Waals surface area contributed by atoms with Crippen LogP contribution in [0.2, 0.25) is 0 Å². The molecule has 3 atom stereocenters. The van der Waals surface area contributed by atoms with Gasteiger partial charge < -0.3 is 28.8 Å². The van der Waals surface area contributed by atoms with Gasteiger partial charge in [-0.25, -0.2) is 15.0 Å². The molecular formula is C80H86F9N9O13S3. The van der Waals surface area contributed by atoms with E-state index in [1.54, 1.807) is 92.0 Å². The van der Waals surface area contributed by atoms with Crippen LogP contribution in [0.1, 0.15) is 138 Å². The van der Waals surface area contributed by atoms with Crippen LogP contribution in [-0.4, -0.2) is 112 Å². The molecule has 0 saturated heterocycles. The first kappa shape index (κ1) is 87.7. The van der Waals surface area contributed by atoms with Crippen LogP contribution in [0.5, 0.6) is 17.6 Å². The first-order valence-electron chi connectivity index (χ1n) is 36.5. The number of aliphatic hydroxyl groups excluding tert-OH is 1. The molecule has 0 amide bonds. The lowest BCUT2D eigenvalue weighted by molar-refractivity contribution is -0.138. The van der Waals surface area contributed by atoms with Gasteiger partial charge in [0.15, 0.2) is 15.1 Å². The highest BCUT2D eigenvalue weighted by Crippen LogP contribution is 2.43. The summed E-state index contributed by atoms with van der Waals surface area (Å²) in [5.74, 6) is -0.476. The van der Waals surface area contributed by atoms with Crippen molar-refractivity contribution >= 4 is 54.0 Å². The summed E-state index contributed by atoms with van der Waals surface area (Å²) < 4.78 is 238. The van der Waals surface area contributed by atoms with Crippen LogP contribution in [-0.2, 0) is 82.1 Å². The number of aryl methyl sites for hydroxylation is 3. The van der Waals surface area contributed by atoms with E-state index in [0.29, 0.717) is 137 Å². The number of hydrogen-bond donors (Lipinski definition) is 4. The lowest BCUT2D eigenvalue weighted by Gasteiger charge is -2.20. The standard InChI is InChI=1S/C25H24F3N3O5S.2C25H26F3N3O4S.C5H10/c26-25(27,28)20-12-13-21-29-24(20)19-9-4-2-7-17(19)6-1-3-8-18(14-15-35-16-32)36-22-10-5-11-23(30-22)37(33,34)31-21;1-34-16-15-18-9-4-2-7-17-8-3-5-10-19(17)24-20(25(26,27)28)13-14-21(29-24)31-36(32,33)23-12-6-11-22(30-23)35-18;26-25(27,28)20-14-15-21-29-24(20)19-11-4-2-8-17(19)7-1-3-9-18(10-6-16-32)35-22-12-5-13-23(30-22)36(33,34)31-21;1-4-5(2)3/h2,4-5,7,9-13,16,18H,1,3,6,8,14-15H2,(H,29,31);3,5-6,8,10-14,18H,2,4,7,9,15-16H2,1H3,(H,29,31);2,4-5,8,11-15,18,32H,1,3,6-7,9-10,16H2,(H,29,31);4H,1-3H3. The Balaban J connectivity index is 0.000000190. The molecule has 0 spiro atoms. The normalized spacial score (nSPS) is 17.3. The number of ether oxygens (including phenoxy) is 5. The van der Waals surface area contributed by atoms with E-state index in [-0.39, 0.29) is 98.2 Å². The van der Waals surface area contributed by atoms with E-state index in [1.807, 2.05) is 6.92 Å². The Kier molecular flexibility index (Phi) is 30.9. The number of hydrogen-bond acceptors (Lipinski definition) is 19. The molecule has 3 aliphatic heterocycles. The summed E-state index contributed by atoms with van der Waals surface area (Å²) in [6.45, 7) is 7.09. The van der Waals surface area contributed by atoms with Gasteiger partial charge in [0, 0.05) is 68.1 Å². The molecule has 0 aliphatic carbocycles. The first-order valence-corrected chi connectivity index (χ1v) is 41.0. The molecule has 9 aromatic rings. The summed E-state index contributed by atoms with van der Waals surface area (Å²) in [6, 6.07) is 38.3. The zero-order valence-electron chi connectivity index (χ0n) is 62.6. The predicted octanol–water partition coefficient (Wildman–Crippen LogP) is 17.7. The SMILES string of the molecule is CC=C(C)C.COCCC1CCCCc2ccccc2-c2nc(ccc2C(F)(F)F)NS(=O)(=O)c2cccc(n2)O1.O=COCCC1CCCCc2ccccc2-c2nc(ccc2C(F)(F)F)NS(=O)(=O)c2cccc(n2)O1.O=S1(=O)Nc2ccc(C(F)(F)F)c(n2)-c2ccccc2CCCCC(CCCO)Oc2cccc1n2. The number of halogens is 9. The van der Waals surface area contributed by atoms with Crippen LogP contribution in [0.25, 0.3) is 33.8 Å². The Labute approximate surface area is 655 Å². The second kappa shape index (κ2) is 40.1. The molecule has 4 N–H and O–H groups in total. The molecule has 0 saturated carbocycles. The zero-order valence-corrected chi connectivity index (χ0v) is 65.0. The van der Waals surface area contributed by atoms with Crippen molar-refractivity contribution in [3.05, 3.63) is 209 Å². The largest absolute Gasteiger partial charge is 0.474 e. The van der Waals surface area contributed by atoms with Gasteiger partial charge in [-0.2, -0.15) is 79.7 Å². The van der Waals surface area contributed by atoms with Crippen LogP contribution >= 0.6 is 0 Å². The molecule has 114 heavy (non-hydrogen) atoms. The average Bonchev–Trinajstić information content (AvgIpc) is 0.786. The molecule has 9 heterocycles. The van der Waals surface area contributed by atoms with Gasteiger partial charge in [0.2, 0.25) is 17.6 Å². The highest BCUT2D eigenvalue weighted by atomic mass is 32.2. The molecule has 3 aliphatic rings. The second-order valence-electron chi connectivity index (χ2n) is 26.7. The minimum atomic E-state index is -4.70. The molecule has 0 radical (unpaired) electrons. The van der Waals surface area contributed by atoms with Gasteiger partial charge in [-0.15, -0.1) is 0 Å². The van der Waals surface area contributed by atoms with Crippen molar-refractivity contribution in [3.63, 3.8) is 0 Å². The number of aliphatic hydroxyl groups is 1. The number of benzene rings is 3. The average molecular weight is 1650 g/mol. The highest BCUT2D eigenvalue weighted by Gasteiger charge is 2.39. The van der Waals surface area contributed by atoms with Crippen molar-refractivity contribution in [2.75, 3.05) is 41.1 Å². The molecule has 610 valence electrons. The van der Waals surface area contributed by atoms with E-state index in [1.165, 1.54) is 48.0 Å². The van der Waals surface area contributed by atoms with Crippen LogP contribution in [0, 0.1) is 0 Å². The summed E-state index contributed by atoms with van der Waals surface area (Å²) in [5, 5.41) is 8.18. The van der Waals surface area contributed by atoms with Gasteiger partial charge in [-0.05, 0) is 182 Å². The molecule has 3 aromatic carbocycles. The fraction of sp³-hybridized carbons (Fsp3) is 0.362. The third kappa shape index (κ3) is 25.1. The van der Waals surface area contributed by atoms with Crippen molar-refractivity contribution in [1.82, 2.24) is 29.9 Å². The van der Waals surface area contributed by atoms with Gasteiger partial charge in [0.05, 0.1) is 40.4 Å². The molecule has 34 heteroatoms. The minimum absolute atomic E-state index is 0.00865. The fourth-order valence-corrected chi connectivity index (χ4v) is 15.2. The zero-order chi connectivity index (χ0) is 82.3. The Morgan fingerprint density at radius 1 is 0.447 bits per heavy atom. The third-order valence-electron chi connectivity index (χ3n) is 18.1. The van der Waals surface area contributed by atoms with E-state index in [9.17, 15) is 74.7 Å². The summed E-state index contributed by atoms with van der Waals surface area (Å²) >= 11 is 0. The molecule has 12 bridgehead atoms. The lowest BCUT2D eigenvalue weighted by Crippen LogP contribution is -2.21. The molecular weight excluding hydrogens is 1560 g/mol. The maximum absolute atomic E-state index is 13.9. The monoisotopic (exact) mass is 1650 g/mol. The van der Waals surface area contributed by atoms with Gasteiger partial charge >= 0.3 is 18.5 Å². The number of carbonyl (C=O) groups excluding carboxylic acids is 1. The van der Waals surface area contributed by atoms with Crippen LogP contribution in [0.4, 0.5) is 57.0 Å². The van der Waals surface area contributed by atoms with E-state index in [2.05, 4.69) is 64.0 Å². The van der Waals surface area contributed by atoms with Gasteiger partial charge in [0.1, 0.15) is 35.8 Å². The van der Waals surface area contributed by atoms with Gasteiger partial charge in [0.25, 0.3) is 36.5 Å². The van der Waals surface area contributed by atoms with Gasteiger partial charge in [-0.1, -0.05) is 103 Å². The third-order valence-corrected chi connectivity index (χ3v) is 21.9. The van der Waals surface area contributed by atoms with E-state index in [4.69, 9.17) is 23.7 Å². The maximum atomic E-state index is 13.9. The number of nitrogens with zero attached hydrogens (tertiary/aromatic N) is 6. The predicted molar refractivity (Wildman–Crippen MR) is 410 cm³/mol. The fourth-order valence-electron chi connectivity index (χ4n) is 12.3. The topological polar surface area (TPSA) is 299 Å². The van der Waals surface area contributed by atoms with E-state index < -0.39 is 71.4 Å². The van der Waals surface area contributed by atoms with E-state index in [0.717, 1.165) is 42.8 Å². The number of carbonyl (C=O) groups is 1. The Morgan fingerprint density at radius 3 is 1.06 bits per heavy atom. The van der Waals surface area contributed by atoms with Crippen LogP contribution < -0.4 is 28.4 Å². The lowest BCUT2D eigenvalue weighted by atomic mass is 9.95. The van der Waals surface area contributed by atoms with Crippen molar-refractivity contribution in [1.29, 1.82) is 0 Å². The van der Waals surface area contributed by atoms with Crippen LogP contribution in [0.3, 0.4) is 0 Å². The summed E-state index contributed by atoms with van der Waals surface area (Å²) in [5.41, 5.74) is 0.426. The Bertz CT molecular complexity index is 4920. The summed E-state index contributed by atoms with van der Waals surface area (Å²) in [7, 11) is -11.2. The number of aromatic nitrogens is 6. The number of nitrogens with one attached hydrogen (secondary N) is 3. The van der Waals surface area contributed by atoms with Crippen molar-refractivity contribution in [3.8, 4) is 51.4 Å². The van der Waals surface area contributed by atoms with Crippen LogP contribution in [0.15, 0.2) is 191 Å². The molecule has 0 fully saturated rings. The van der Waals surface area contributed by atoms with Gasteiger partial charge in [-0.3, -0.25) is 19.0 Å². The van der Waals surface area contributed by atoms with E-state index >= 15 is 0 Å². The first-order chi connectivity index (χ1) is 54.3. The Morgan fingerprint density at radius 2 is 0.763 bits per heavy atom. The number of allylic oxidation sites excluding steroid dienone is 2. The molecule has 3 unspecified atom stereocenters. The molecule has 6 aromatic heterocycles.